The molecule has 1 rings (SSSR count). The summed E-state index contributed by atoms with van der Waals surface area (Å²) in [7, 11) is 0. The van der Waals surface area contributed by atoms with Crippen molar-refractivity contribution in [1.82, 2.24) is 9.55 Å². The first-order chi connectivity index (χ1) is 7.88. The predicted molar refractivity (Wildman–Crippen MR) is 69.8 cm³/mol. The molecule has 0 aliphatic rings. The van der Waals surface area contributed by atoms with Gasteiger partial charge in [0.25, 0.3) is 0 Å². The van der Waals surface area contributed by atoms with Crippen LogP contribution in [0.15, 0.2) is 12.4 Å². The highest BCUT2D eigenvalue weighted by Crippen LogP contribution is 2.09. The number of aryl methyl sites for hydroxylation is 1. The largest absolute Gasteiger partial charge is 0.356 e. The van der Waals surface area contributed by atoms with Gasteiger partial charge in [0.1, 0.15) is 0 Å². The summed E-state index contributed by atoms with van der Waals surface area (Å²) in [6.07, 6.45) is 12.0. The van der Waals surface area contributed by atoms with Crippen LogP contribution in [0.1, 0.15) is 52.4 Å². The lowest BCUT2D eigenvalue weighted by atomic mass is 10.1. The van der Waals surface area contributed by atoms with Crippen LogP contribution in [0.25, 0.3) is 0 Å². The first-order valence-electron chi connectivity index (χ1n) is 6.63. The van der Waals surface area contributed by atoms with E-state index in [-0.39, 0.29) is 0 Å². The summed E-state index contributed by atoms with van der Waals surface area (Å²) in [4.78, 5) is 4.29. The minimum absolute atomic E-state index is 0.938. The van der Waals surface area contributed by atoms with Crippen LogP contribution in [0.3, 0.4) is 0 Å². The van der Waals surface area contributed by atoms with Gasteiger partial charge in [-0.2, -0.15) is 0 Å². The average Bonchev–Trinajstić information content (AvgIpc) is 2.72. The van der Waals surface area contributed by atoms with Crippen molar-refractivity contribution in [3.05, 3.63) is 12.4 Å². The molecule has 3 heteroatoms. The van der Waals surface area contributed by atoms with Gasteiger partial charge in [-0.05, 0) is 13.3 Å². The van der Waals surface area contributed by atoms with Gasteiger partial charge >= 0.3 is 0 Å². The van der Waals surface area contributed by atoms with E-state index >= 15 is 0 Å². The number of imidazole rings is 1. The Balaban J connectivity index is 2.13. The monoisotopic (exact) mass is 223 g/mol. The second-order valence-corrected chi connectivity index (χ2v) is 4.24. The van der Waals surface area contributed by atoms with Crippen LogP contribution >= 0.6 is 0 Å². The van der Waals surface area contributed by atoms with Gasteiger partial charge in [0.05, 0.1) is 0 Å². The standard InChI is InChI=1S/C13H25N3/c1-3-5-6-7-8-9-11-16-12-10-15-13(16)14-4-2/h10,12H,3-9,11H2,1-2H3,(H,14,15). The van der Waals surface area contributed by atoms with Crippen molar-refractivity contribution in [2.75, 3.05) is 11.9 Å². The normalized spacial score (nSPS) is 10.6. The van der Waals surface area contributed by atoms with E-state index in [4.69, 9.17) is 0 Å². The molecular weight excluding hydrogens is 198 g/mol. The smallest absolute Gasteiger partial charge is 0.202 e. The third-order valence-electron chi connectivity index (χ3n) is 2.80. The number of nitrogens with zero attached hydrogens (tertiary/aromatic N) is 2. The molecule has 0 amide bonds. The first kappa shape index (κ1) is 13.1. The molecule has 92 valence electrons. The Kier molecular flexibility index (Phi) is 6.70. The number of nitrogens with one attached hydrogen (secondary N) is 1. The van der Waals surface area contributed by atoms with Gasteiger partial charge < -0.3 is 9.88 Å². The molecule has 0 saturated heterocycles. The van der Waals surface area contributed by atoms with E-state index in [1.807, 2.05) is 6.20 Å². The van der Waals surface area contributed by atoms with E-state index in [1.165, 1.54) is 38.5 Å². The summed E-state index contributed by atoms with van der Waals surface area (Å²) >= 11 is 0. The van der Waals surface area contributed by atoms with Crippen LogP contribution < -0.4 is 5.32 Å². The zero-order valence-corrected chi connectivity index (χ0v) is 10.7. The Morgan fingerprint density at radius 2 is 1.88 bits per heavy atom. The third kappa shape index (κ3) is 4.69. The minimum Gasteiger partial charge on any atom is -0.356 e. The molecule has 0 bridgehead atoms. The minimum atomic E-state index is 0.938. The van der Waals surface area contributed by atoms with E-state index in [1.54, 1.807) is 0 Å². The SMILES string of the molecule is CCCCCCCCn1ccnc1NCC. The first-order valence-corrected chi connectivity index (χ1v) is 6.63. The molecule has 0 atom stereocenters. The number of aromatic nitrogens is 2. The van der Waals surface area contributed by atoms with Crippen LogP contribution in [-0.2, 0) is 6.54 Å². The zero-order valence-electron chi connectivity index (χ0n) is 10.7. The molecule has 0 saturated carbocycles. The van der Waals surface area contributed by atoms with E-state index in [0.717, 1.165) is 19.0 Å². The second kappa shape index (κ2) is 8.20. The summed E-state index contributed by atoms with van der Waals surface area (Å²) < 4.78 is 2.21. The van der Waals surface area contributed by atoms with Gasteiger partial charge in [0.15, 0.2) is 0 Å². The van der Waals surface area contributed by atoms with Crippen molar-refractivity contribution < 1.29 is 0 Å². The number of hydrogen-bond donors (Lipinski definition) is 1. The maximum Gasteiger partial charge on any atom is 0.202 e. The van der Waals surface area contributed by atoms with Crippen LogP contribution in [0.2, 0.25) is 0 Å². The maximum atomic E-state index is 4.29. The molecule has 16 heavy (non-hydrogen) atoms. The van der Waals surface area contributed by atoms with Crippen LogP contribution in [-0.4, -0.2) is 16.1 Å². The van der Waals surface area contributed by atoms with Crippen molar-refractivity contribution in [1.29, 1.82) is 0 Å². The van der Waals surface area contributed by atoms with E-state index in [9.17, 15) is 0 Å². The lowest BCUT2D eigenvalue weighted by Crippen LogP contribution is -2.06. The van der Waals surface area contributed by atoms with Crippen LogP contribution in [0.5, 0.6) is 0 Å². The highest BCUT2D eigenvalue weighted by Gasteiger charge is 1.99. The van der Waals surface area contributed by atoms with Gasteiger partial charge in [0.2, 0.25) is 5.95 Å². The van der Waals surface area contributed by atoms with E-state index in [2.05, 4.69) is 34.9 Å². The Bertz CT molecular complexity index is 268. The van der Waals surface area contributed by atoms with E-state index < -0.39 is 0 Å². The fraction of sp³-hybridized carbons (Fsp3) is 0.769. The topological polar surface area (TPSA) is 29.9 Å². The molecule has 0 aromatic carbocycles. The molecular formula is C13H25N3. The molecule has 1 aromatic heterocycles. The summed E-state index contributed by atoms with van der Waals surface area (Å²) in [5.74, 6) is 1.01. The molecule has 0 radical (unpaired) electrons. The van der Waals surface area contributed by atoms with Crippen molar-refractivity contribution in [2.45, 2.75) is 58.9 Å². The molecule has 0 spiro atoms. The molecule has 1 heterocycles. The van der Waals surface area contributed by atoms with Crippen molar-refractivity contribution in [3.8, 4) is 0 Å². The summed E-state index contributed by atoms with van der Waals surface area (Å²) in [5, 5.41) is 3.27. The molecule has 0 aliphatic heterocycles. The number of unbranched alkanes of at least 4 members (excludes halogenated alkanes) is 5. The molecule has 1 aromatic rings. The Labute approximate surface area is 99.3 Å². The van der Waals surface area contributed by atoms with Gasteiger partial charge in [0, 0.05) is 25.5 Å². The zero-order chi connectivity index (χ0) is 11.6. The fourth-order valence-electron chi connectivity index (χ4n) is 1.88. The number of anilines is 1. The summed E-state index contributed by atoms with van der Waals surface area (Å²) in [6.45, 7) is 6.39. The summed E-state index contributed by atoms with van der Waals surface area (Å²) in [5.41, 5.74) is 0. The highest BCUT2D eigenvalue weighted by atomic mass is 15.2. The lowest BCUT2D eigenvalue weighted by molar-refractivity contribution is 0.560. The number of rotatable bonds is 9. The van der Waals surface area contributed by atoms with Crippen molar-refractivity contribution in [3.63, 3.8) is 0 Å². The van der Waals surface area contributed by atoms with E-state index in [0.29, 0.717) is 0 Å². The quantitative estimate of drug-likeness (QED) is 0.647. The van der Waals surface area contributed by atoms with Crippen LogP contribution in [0, 0.1) is 0 Å². The second-order valence-electron chi connectivity index (χ2n) is 4.24. The van der Waals surface area contributed by atoms with Gasteiger partial charge in [-0.1, -0.05) is 39.0 Å². The van der Waals surface area contributed by atoms with Gasteiger partial charge in [-0.25, -0.2) is 4.98 Å². The molecule has 1 N–H and O–H groups in total. The lowest BCUT2D eigenvalue weighted by Gasteiger charge is -2.08. The molecule has 0 unspecified atom stereocenters. The van der Waals surface area contributed by atoms with Gasteiger partial charge in [-0.15, -0.1) is 0 Å². The Morgan fingerprint density at radius 1 is 1.12 bits per heavy atom. The third-order valence-corrected chi connectivity index (χ3v) is 2.80. The average molecular weight is 223 g/mol. The Hall–Kier alpha value is -0.990. The van der Waals surface area contributed by atoms with Crippen LogP contribution in [0.4, 0.5) is 5.95 Å². The highest BCUT2D eigenvalue weighted by molar-refractivity contribution is 5.25. The van der Waals surface area contributed by atoms with Crippen molar-refractivity contribution in [2.24, 2.45) is 0 Å². The summed E-state index contributed by atoms with van der Waals surface area (Å²) in [6, 6.07) is 0. The Morgan fingerprint density at radius 3 is 2.62 bits per heavy atom. The fourth-order valence-corrected chi connectivity index (χ4v) is 1.88. The molecule has 0 aliphatic carbocycles. The molecule has 0 fully saturated rings. The molecule has 3 nitrogen and oxygen atoms in total. The maximum absolute atomic E-state index is 4.29. The van der Waals surface area contributed by atoms with Crippen molar-refractivity contribution >= 4 is 5.95 Å². The predicted octanol–water partition coefficient (Wildman–Crippen LogP) is 3.68. The van der Waals surface area contributed by atoms with Gasteiger partial charge in [-0.3, -0.25) is 0 Å². The number of hydrogen-bond acceptors (Lipinski definition) is 2.